The summed E-state index contributed by atoms with van der Waals surface area (Å²) in [4.78, 5) is 29.1. The Morgan fingerprint density at radius 3 is 2.17 bits per heavy atom. The van der Waals surface area contributed by atoms with E-state index in [1.54, 1.807) is 43.3 Å². The van der Waals surface area contributed by atoms with Gasteiger partial charge in [0.1, 0.15) is 12.6 Å². The third kappa shape index (κ3) is 7.76. The molecule has 1 fully saturated rings. The highest BCUT2D eigenvalue weighted by Gasteiger charge is 2.33. The zero-order chi connectivity index (χ0) is 29.4. The maximum absolute atomic E-state index is 14.1. The summed E-state index contributed by atoms with van der Waals surface area (Å²) in [5, 5.41) is 3.14. The van der Waals surface area contributed by atoms with Crippen molar-refractivity contribution in [1.29, 1.82) is 0 Å². The molecule has 3 aromatic carbocycles. The molecule has 8 heteroatoms. The molecule has 0 radical (unpaired) electrons. The Kier molecular flexibility index (Phi) is 10.2. The summed E-state index contributed by atoms with van der Waals surface area (Å²) in [7, 11) is -4.07. The maximum Gasteiger partial charge on any atom is 0.264 e. The molecule has 0 aromatic heterocycles. The quantitative estimate of drug-likeness (QED) is 0.331. The summed E-state index contributed by atoms with van der Waals surface area (Å²) in [6, 6.07) is 22.9. The number of nitrogens with zero attached hydrogens (tertiary/aromatic N) is 2. The number of sulfonamides is 1. The molecule has 0 aliphatic heterocycles. The Hall–Kier alpha value is -3.65. The summed E-state index contributed by atoms with van der Waals surface area (Å²) in [5.41, 5.74) is 3.14. The Labute approximate surface area is 244 Å². The molecule has 2 amide bonds. The van der Waals surface area contributed by atoms with Gasteiger partial charge in [-0.15, -0.1) is 0 Å². The van der Waals surface area contributed by atoms with Gasteiger partial charge in [0.15, 0.2) is 0 Å². The molecule has 218 valence electrons. The van der Waals surface area contributed by atoms with Crippen LogP contribution in [0.3, 0.4) is 0 Å². The number of anilines is 1. The Bertz CT molecular complexity index is 1420. The van der Waals surface area contributed by atoms with Gasteiger partial charge >= 0.3 is 0 Å². The lowest BCUT2D eigenvalue weighted by Gasteiger charge is -2.33. The van der Waals surface area contributed by atoms with Crippen molar-refractivity contribution in [2.45, 2.75) is 76.3 Å². The van der Waals surface area contributed by atoms with E-state index in [-0.39, 0.29) is 23.4 Å². The molecule has 1 atom stereocenters. The van der Waals surface area contributed by atoms with Gasteiger partial charge < -0.3 is 10.2 Å². The molecule has 0 heterocycles. The van der Waals surface area contributed by atoms with Crippen molar-refractivity contribution >= 4 is 27.5 Å². The SMILES string of the molecule is Cc1ccc(S(=O)(=O)N(CC(=O)N(CCc2ccccc2)[C@@H](C)C(=O)NC2CCCCC2)c2ccccc2C)cc1. The van der Waals surface area contributed by atoms with Crippen LogP contribution in [0.2, 0.25) is 0 Å². The van der Waals surface area contributed by atoms with Crippen LogP contribution < -0.4 is 9.62 Å². The molecule has 1 saturated carbocycles. The Morgan fingerprint density at radius 1 is 0.878 bits per heavy atom. The van der Waals surface area contributed by atoms with Gasteiger partial charge in [0, 0.05) is 12.6 Å². The summed E-state index contributed by atoms with van der Waals surface area (Å²) in [5.74, 6) is -0.631. The molecule has 3 aromatic rings. The monoisotopic (exact) mass is 575 g/mol. The lowest BCUT2D eigenvalue weighted by atomic mass is 9.95. The average molecular weight is 576 g/mol. The number of benzene rings is 3. The average Bonchev–Trinajstić information content (AvgIpc) is 2.97. The van der Waals surface area contributed by atoms with Gasteiger partial charge in [0.2, 0.25) is 11.8 Å². The molecular weight excluding hydrogens is 534 g/mol. The number of amides is 2. The summed E-state index contributed by atoms with van der Waals surface area (Å²) in [6.45, 7) is 5.31. The van der Waals surface area contributed by atoms with Crippen molar-refractivity contribution < 1.29 is 18.0 Å². The largest absolute Gasteiger partial charge is 0.352 e. The van der Waals surface area contributed by atoms with Crippen molar-refractivity contribution in [3.8, 4) is 0 Å². The molecule has 0 spiro atoms. The number of carbonyl (C=O) groups excluding carboxylic acids is 2. The van der Waals surface area contributed by atoms with Crippen molar-refractivity contribution in [2.24, 2.45) is 0 Å². The van der Waals surface area contributed by atoms with Gasteiger partial charge in [-0.3, -0.25) is 13.9 Å². The molecule has 4 rings (SSSR count). The summed E-state index contributed by atoms with van der Waals surface area (Å²) < 4.78 is 29.1. The fourth-order valence-electron chi connectivity index (χ4n) is 5.33. The lowest BCUT2D eigenvalue weighted by molar-refractivity contribution is -0.139. The predicted octanol–water partition coefficient (Wildman–Crippen LogP) is 5.41. The zero-order valence-corrected chi connectivity index (χ0v) is 25.1. The highest BCUT2D eigenvalue weighted by Crippen LogP contribution is 2.27. The molecule has 41 heavy (non-hydrogen) atoms. The van der Waals surface area contributed by atoms with Gasteiger partial charge in [-0.05, 0) is 69.4 Å². The number of nitrogens with one attached hydrogen (secondary N) is 1. The van der Waals surface area contributed by atoms with Gasteiger partial charge in [-0.25, -0.2) is 8.42 Å². The highest BCUT2D eigenvalue weighted by atomic mass is 32.2. The van der Waals surface area contributed by atoms with E-state index in [2.05, 4.69) is 5.32 Å². The molecule has 7 nitrogen and oxygen atoms in total. The van der Waals surface area contributed by atoms with E-state index in [4.69, 9.17) is 0 Å². The molecule has 1 aliphatic carbocycles. The first-order valence-electron chi connectivity index (χ1n) is 14.5. The van der Waals surface area contributed by atoms with Crippen LogP contribution in [-0.4, -0.2) is 50.3 Å². The van der Waals surface area contributed by atoms with Gasteiger partial charge in [0.05, 0.1) is 10.6 Å². The molecule has 0 unspecified atom stereocenters. The van der Waals surface area contributed by atoms with Crippen molar-refractivity contribution in [2.75, 3.05) is 17.4 Å². The summed E-state index contributed by atoms with van der Waals surface area (Å²) in [6.07, 6.45) is 5.76. The normalized spacial score (nSPS) is 14.7. The van der Waals surface area contributed by atoms with Crippen LogP contribution in [-0.2, 0) is 26.0 Å². The van der Waals surface area contributed by atoms with Crippen molar-refractivity contribution in [3.63, 3.8) is 0 Å². The third-order valence-electron chi connectivity index (χ3n) is 7.88. The first-order valence-corrected chi connectivity index (χ1v) is 15.9. The third-order valence-corrected chi connectivity index (χ3v) is 9.65. The second-order valence-electron chi connectivity index (χ2n) is 11.0. The molecule has 0 saturated heterocycles. The standard InChI is InChI=1S/C33H41N3O4S/c1-25-18-20-30(21-19-25)41(39,40)36(31-17-11-10-12-26(31)2)24-32(37)35(23-22-28-13-6-4-7-14-28)27(3)33(38)34-29-15-8-5-9-16-29/h4,6-7,10-14,17-21,27,29H,5,8-9,15-16,22-24H2,1-3H3,(H,34,38)/t27-/m0/s1. The fraction of sp³-hybridized carbons (Fsp3) is 0.394. The smallest absolute Gasteiger partial charge is 0.264 e. The van der Waals surface area contributed by atoms with E-state index in [0.29, 0.717) is 12.1 Å². The van der Waals surface area contributed by atoms with Gasteiger partial charge in [0.25, 0.3) is 10.0 Å². The minimum atomic E-state index is -4.07. The number of rotatable bonds is 11. The highest BCUT2D eigenvalue weighted by molar-refractivity contribution is 7.92. The fourth-order valence-corrected chi connectivity index (χ4v) is 6.81. The lowest BCUT2D eigenvalue weighted by Crippen LogP contribution is -2.53. The molecule has 0 bridgehead atoms. The second-order valence-corrected chi connectivity index (χ2v) is 12.8. The van der Waals surface area contributed by atoms with Crippen molar-refractivity contribution in [3.05, 3.63) is 95.6 Å². The minimum Gasteiger partial charge on any atom is -0.352 e. The van der Waals surface area contributed by atoms with Gasteiger partial charge in [-0.2, -0.15) is 0 Å². The minimum absolute atomic E-state index is 0.107. The van der Waals surface area contributed by atoms with E-state index in [1.165, 1.54) is 15.6 Å². The Morgan fingerprint density at radius 2 is 1.51 bits per heavy atom. The van der Waals surface area contributed by atoms with Crippen LogP contribution in [0, 0.1) is 13.8 Å². The number of hydrogen-bond donors (Lipinski definition) is 1. The van der Waals surface area contributed by atoms with E-state index in [1.807, 2.05) is 56.3 Å². The van der Waals surface area contributed by atoms with Crippen LogP contribution >= 0.6 is 0 Å². The van der Waals surface area contributed by atoms with Gasteiger partial charge in [-0.1, -0.05) is 85.5 Å². The van der Waals surface area contributed by atoms with Crippen molar-refractivity contribution in [1.82, 2.24) is 10.2 Å². The predicted molar refractivity (Wildman–Crippen MR) is 163 cm³/mol. The zero-order valence-electron chi connectivity index (χ0n) is 24.3. The van der Waals surface area contributed by atoms with Crippen LogP contribution in [0.4, 0.5) is 5.69 Å². The Balaban J connectivity index is 1.64. The number of para-hydroxylation sites is 1. The summed E-state index contributed by atoms with van der Waals surface area (Å²) >= 11 is 0. The molecular formula is C33H41N3O4S. The topological polar surface area (TPSA) is 86.8 Å². The van der Waals surface area contributed by atoms with Crippen LogP contribution in [0.15, 0.2) is 83.8 Å². The van der Waals surface area contributed by atoms with E-state index in [9.17, 15) is 18.0 Å². The van der Waals surface area contributed by atoms with E-state index < -0.39 is 28.5 Å². The second kappa shape index (κ2) is 13.8. The first kappa shape index (κ1) is 30.3. The van der Waals surface area contributed by atoms with E-state index in [0.717, 1.165) is 42.4 Å². The maximum atomic E-state index is 14.1. The molecule has 1 aliphatic rings. The van der Waals surface area contributed by atoms with Crippen LogP contribution in [0.5, 0.6) is 0 Å². The number of aryl methyl sites for hydroxylation is 2. The van der Waals surface area contributed by atoms with Crippen LogP contribution in [0.25, 0.3) is 0 Å². The van der Waals surface area contributed by atoms with E-state index >= 15 is 0 Å². The number of hydrogen-bond acceptors (Lipinski definition) is 4. The van der Waals surface area contributed by atoms with Crippen LogP contribution in [0.1, 0.15) is 55.7 Å². The molecule has 1 N–H and O–H groups in total. The number of carbonyl (C=O) groups is 2. The first-order chi connectivity index (χ1) is 19.7.